The number of rotatable bonds is 6. The molecule has 98 valence electrons. The molecular weight excluding hydrogens is 228 g/mol. The smallest absolute Gasteiger partial charge is 0.340 e. The summed E-state index contributed by atoms with van der Waals surface area (Å²) in [6, 6.07) is 7.72. The Morgan fingerprint density at radius 2 is 2.17 bits per heavy atom. The van der Waals surface area contributed by atoms with Crippen molar-refractivity contribution < 1.29 is 14.6 Å². The summed E-state index contributed by atoms with van der Waals surface area (Å²) in [4.78, 5) is 11.6. The molecule has 0 radical (unpaired) electrons. The Labute approximate surface area is 108 Å². The van der Waals surface area contributed by atoms with Crippen molar-refractivity contribution in [3.63, 3.8) is 0 Å². The van der Waals surface area contributed by atoms with Gasteiger partial charge in [0.1, 0.15) is 0 Å². The molecule has 18 heavy (non-hydrogen) atoms. The van der Waals surface area contributed by atoms with E-state index >= 15 is 0 Å². The van der Waals surface area contributed by atoms with Crippen LogP contribution in [0.15, 0.2) is 24.3 Å². The lowest BCUT2D eigenvalue weighted by Crippen LogP contribution is -2.36. The molecule has 0 aromatic heterocycles. The molecule has 0 aliphatic heterocycles. The Bertz CT molecular complexity index is 428. The van der Waals surface area contributed by atoms with E-state index in [0.29, 0.717) is 13.0 Å². The predicted molar refractivity (Wildman–Crippen MR) is 69.6 cm³/mol. The van der Waals surface area contributed by atoms with Gasteiger partial charge in [0.15, 0.2) is 5.60 Å². The second-order valence-electron chi connectivity index (χ2n) is 4.84. The number of aryl methyl sites for hydroxylation is 1. The van der Waals surface area contributed by atoms with Gasteiger partial charge in [0.2, 0.25) is 0 Å². The number of aliphatic carboxylic acids is 1. The summed E-state index contributed by atoms with van der Waals surface area (Å²) in [5, 5.41) is 9.54. The molecule has 0 saturated heterocycles. The van der Waals surface area contributed by atoms with Crippen LogP contribution >= 0.6 is 0 Å². The van der Waals surface area contributed by atoms with Gasteiger partial charge in [0.25, 0.3) is 0 Å². The summed E-state index contributed by atoms with van der Waals surface area (Å²) in [5.74, 6) is -0.857. The van der Waals surface area contributed by atoms with Crippen molar-refractivity contribution in [2.45, 2.75) is 44.6 Å². The van der Waals surface area contributed by atoms with Gasteiger partial charge in [0, 0.05) is 6.61 Å². The third-order valence-electron chi connectivity index (χ3n) is 3.64. The molecule has 0 spiro atoms. The van der Waals surface area contributed by atoms with E-state index in [1.54, 1.807) is 0 Å². The van der Waals surface area contributed by atoms with Gasteiger partial charge < -0.3 is 9.84 Å². The standard InChI is InChI=1S/C15H20O3/c1-2-3-6-11-18-15(14(16)17)10-9-12-7-4-5-8-13(12)15/h4-5,7-8H,2-3,6,9-11H2,1H3,(H,16,17). The zero-order valence-corrected chi connectivity index (χ0v) is 10.8. The lowest BCUT2D eigenvalue weighted by molar-refractivity contribution is -0.168. The van der Waals surface area contributed by atoms with Crippen LogP contribution < -0.4 is 0 Å². The van der Waals surface area contributed by atoms with Crippen LogP contribution in [0.3, 0.4) is 0 Å². The van der Waals surface area contributed by atoms with Gasteiger partial charge >= 0.3 is 5.97 Å². The van der Waals surface area contributed by atoms with E-state index in [0.717, 1.165) is 36.8 Å². The van der Waals surface area contributed by atoms with E-state index in [4.69, 9.17) is 4.74 Å². The maximum atomic E-state index is 11.6. The van der Waals surface area contributed by atoms with Crippen molar-refractivity contribution in [1.29, 1.82) is 0 Å². The number of carbonyl (C=O) groups is 1. The van der Waals surface area contributed by atoms with E-state index in [9.17, 15) is 9.90 Å². The Morgan fingerprint density at radius 1 is 1.39 bits per heavy atom. The van der Waals surface area contributed by atoms with Crippen LogP contribution in [-0.2, 0) is 21.6 Å². The molecule has 0 fully saturated rings. The summed E-state index contributed by atoms with van der Waals surface area (Å²) < 4.78 is 5.78. The summed E-state index contributed by atoms with van der Waals surface area (Å²) in [6.45, 7) is 2.65. The summed E-state index contributed by atoms with van der Waals surface area (Å²) in [5.41, 5.74) is 0.842. The molecule has 1 aliphatic rings. The zero-order chi connectivity index (χ0) is 13.0. The highest BCUT2D eigenvalue weighted by Gasteiger charge is 2.46. The molecule has 1 aromatic rings. The molecule has 1 aromatic carbocycles. The van der Waals surface area contributed by atoms with E-state index in [1.165, 1.54) is 0 Å². The molecule has 0 bridgehead atoms. The largest absolute Gasteiger partial charge is 0.479 e. The fraction of sp³-hybridized carbons (Fsp3) is 0.533. The average Bonchev–Trinajstić information content (AvgIpc) is 2.75. The molecule has 2 rings (SSSR count). The van der Waals surface area contributed by atoms with Crippen LogP contribution in [0.2, 0.25) is 0 Å². The lowest BCUT2D eigenvalue weighted by atomic mass is 9.96. The highest BCUT2D eigenvalue weighted by Crippen LogP contribution is 2.40. The monoisotopic (exact) mass is 248 g/mol. The van der Waals surface area contributed by atoms with Crippen molar-refractivity contribution in [2.75, 3.05) is 6.61 Å². The fourth-order valence-electron chi connectivity index (χ4n) is 2.61. The van der Waals surface area contributed by atoms with Crippen LogP contribution in [0.5, 0.6) is 0 Å². The highest BCUT2D eigenvalue weighted by molar-refractivity contribution is 5.81. The number of benzene rings is 1. The van der Waals surface area contributed by atoms with E-state index in [-0.39, 0.29) is 0 Å². The molecular formula is C15H20O3. The molecule has 1 unspecified atom stereocenters. The second kappa shape index (κ2) is 5.53. The molecule has 0 amide bonds. The summed E-state index contributed by atoms with van der Waals surface area (Å²) in [6.07, 6.45) is 4.45. The second-order valence-corrected chi connectivity index (χ2v) is 4.84. The fourth-order valence-corrected chi connectivity index (χ4v) is 2.61. The van der Waals surface area contributed by atoms with Crippen LogP contribution in [0, 0.1) is 0 Å². The Kier molecular flexibility index (Phi) is 4.02. The van der Waals surface area contributed by atoms with Crippen LogP contribution in [0.4, 0.5) is 0 Å². The molecule has 1 atom stereocenters. The van der Waals surface area contributed by atoms with Gasteiger partial charge in [-0.3, -0.25) is 0 Å². The zero-order valence-electron chi connectivity index (χ0n) is 10.8. The Hall–Kier alpha value is -1.35. The molecule has 3 nitrogen and oxygen atoms in total. The Balaban J connectivity index is 2.17. The predicted octanol–water partition coefficient (Wildman–Crippen LogP) is 3.12. The van der Waals surface area contributed by atoms with Crippen molar-refractivity contribution in [1.82, 2.24) is 0 Å². The lowest BCUT2D eigenvalue weighted by Gasteiger charge is -2.26. The number of carboxylic acids is 1. The highest BCUT2D eigenvalue weighted by atomic mass is 16.5. The van der Waals surface area contributed by atoms with Gasteiger partial charge in [-0.05, 0) is 30.4 Å². The third-order valence-corrected chi connectivity index (χ3v) is 3.64. The van der Waals surface area contributed by atoms with Crippen molar-refractivity contribution >= 4 is 5.97 Å². The summed E-state index contributed by atoms with van der Waals surface area (Å²) >= 11 is 0. The molecule has 1 aliphatic carbocycles. The number of unbranched alkanes of at least 4 members (excludes halogenated alkanes) is 2. The number of ether oxygens (including phenoxy) is 1. The number of fused-ring (bicyclic) bond motifs is 1. The van der Waals surface area contributed by atoms with Crippen molar-refractivity contribution in [3.05, 3.63) is 35.4 Å². The van der Waals surface area contributed by atoms with Gasteiger partial charge in [-0.2, -0.15) is 0 Å². The van der Waals surface area contributed by atoms with Crippen molar-refractivity contribution in [2.24, 2.45) is 0 Å². The number of hydrogen-bond acceptors (Lipinski definition) is 2. The van der Waals surface area contributed by atoms with Gasteiger partial charge in [-0.1, -0.05) is 44.0 Å². The number of carboxylic acid groups (broad SMARTS) is 1. The Morgan fingerprint density at radius 3 is 2.89 bits per heavy atom. The van der Waals surface area contributed by atoms with Crippen LogP contribution in [0.1, 0.15) is 43.7 Å². The summed E-state index contributed by atoms with van der Waals surface area (Å²) in [7, 11) is 0. The minimum absolute atomic E-state index is 0.522. The maximum absolute atomic E-state index is 11.6. The van der Waals surface area contributed by atoms with Crippen LogP contribution in [-0.4, -0.2) is 17.7 Å². The van der Waals surface area contributed by atoms with E-state index in [2.05, 4.69) is 6.92 Å². The molecule has 3 heteroatoms. The van der Waals surface area contributed by atoms with E-state index < -0.39 is 11.6 Å². The molecule has 0 heterocycles. The average molecular weight is 248 g/mol. The minimum Gasteiger partial charge on any atom is -0.479 e. The maximum Gasteiger partial charge on any atom is 0.340 e. The van der Waals surface area contributed by atoms with Gasteiger partial charge in [-0.15, -0.1) is 0 Å². The van der Waals surface area contributed by atoms with Crippen LogP contribution in [0.25, 0.3) is 0 Å². The van der Waals surface area contributed by atoms with E-state index in [1.807, 2.05) is 24.3 Å². The van der Waals surface area contributed by atoms with Crippen molar-refractivity contribution in [3.8, 4) is 0 Å². The molecule has 1 N–H and O–H groups in total. The quantitative estimate of drug-likeness (QED) is 0.787. The van der Waals surface area contributed by atoms with Gasteiger partial charge in [-0.25, -0.2) is 4.79 Å². The molecule has 0 saturated carbocycles. The third kappa shape index (κ3) is 2.27. The SMILES string of the molecule is CCCCCOC1(C(=O)O)CCc2ccccc21. The number of hydrogen-bond donors (Lipinski definition) is 1. The minimum atomic E-state index is -1.11. The first-order valence-corrected chi connectivity index (χ1v) is 6.66. The first-order chi connectivity index (χ1) is 8.70. The van der Waals surface area contributed by atoms with Gasteiger partial charge in [0.05, 0.1) is 0 Å². The first kappa shape index (κ1) is 13.1. The first-order valence-electron chi connectivity index (χ1n) is 6.66. The normalized spacial score (nSPS) is 21.8. The topological polar surface area (TPSA) is 46.5 Å².